The fourth-order valence-corrected chi connectivity index (χ4v) is 2.70. The predicted molar refractivity (Wildman–Crippen MR) is 83.2 cm³/mol. The summed E-state index contributed by atoms with van der Waals surface area (Å²) in [4.78, 5) is 25.7. The van der Waals surface area contributed by atoms with Crippen LogP contribution in [0.2, 0.25) is 0 Å². The molecule has 1 fully saturated rings. The molecule has 21 heavy (non-hydrogen) atoms. The third kappa shape index (κ3) is 4.11. The van der Waals surface area contributed by atoms with Crippen molar-refractivity contribution in [3.63, 3.8) is 0 Å². The minimum Gasteiger partial charge on any atom is -0.480 e. The molecule has 1 unspecified atom stereocenters. The van der Waals surface area contributed by atoms with Crippen LogP contribution in [0, 0.1) is 11.3 Å². The van der Waals surface area contributed by atoms with Crippen LogP contribution in [0.5, 0.6) is 0 Å². The van der Waals surface area contributed by atoms with Gasteiger partial charge in [0.1, 0.15) is 5.54 Å². The summed E-state index contributed by atoms with van der Waals surface area (Å²) in [5, 5.41) is 12.4. The van der Waals surface area contributed by atoms with Crippen molar-refractivity contribution in [2.24, 2.45) is 11.3 Å². The molecule has 1 atom stereocenters. The van der Waals surface area contributed by atoms with E-state index in [0.29, 0.717) is 18.8 Å². The lowest BCUT2D eigenvalue weighted by molar-refractivity contribution is -0.146. The molecule has 1 aliphatic carbocycles. The molecule has 0 saturated heterocycles. The molecule has 1 saturated carbocycles. The number of carboxylic acid groups (broad SMARTS) is 1. The maximum atomic E-state index is 12.4. The van der Waals surface area contributed by atoms with E-state index in [1.165, 1.54) is 0 Å². The van der Waals surface area contributed by atoms with Crippen LogP contribution in [0.15, 0.2) is 0 Å². The first-order valence-corrected chi connectivity index (χ1v) is 7.78. The van der Waals surface area contributed by atoms with Gasteiger partial charge in [-0.2, -0.15) is 0 Å². The number of nitrogens with zero attached hydrogens (tertiary/aromatic N) is 1. The van der Waals surface area contributed by atoms with Crippen LogP contribution in [0.1, 0.15) is 60.3 Å². The molecular formula is C16H30N2O3. The molecule has 122 valence electrons. The Labute approximate surface area is 128 Å². The molecule has 0 aromatic heterocycles. The second kappa shape index (κ2) is 6.24. The van der Waals surface area contributed by atoms with Crippen LogP contribution in [0.3, 0.4) is 0 Å². The molecule has 2 N–H and O–H groups in total. The summed E-state index contributed by atoms with van der Waals surface area (Å²) in [5.74, 6) is -0.389. The molecule has 0 bridgehead atoms. The fraction of sp³-hybridized carbons (Fsp3) is 0.875. The normalized spacial score (nSPS) is 27.8. The van der Waals surface area contributed by atoms with Gasteiger partial charge >= 0.3 is 12.0 Å². The number of carboxylic acids is 1. The molecule has 5 nitrogen and oxygen atoms in total. The molecule has 0 spiro atoms. The molecule has 1 rings (SSSR count). The minimum absolute atomic E-state index is 0.0193. The first kappa shape index (κ1) is 17.8. The van der Waals surface area contributed by atoms with Crippen LogP contribution >= 0.6 is 0 Å². The Kier molecular flexibility index (Phi) is 5.29. The first-order valence-electron chi connectivity index (χ1n) is 7.78. The van der Waals surface area contributed by atoms with Crippen molar-refractivity contribution in [1.82, 2.24) is 10.2 Å². The second-order valence-corrected chi connectivity index (χ2v) is 7.65. The highest BCUT2D eigenvalue weighted by Crippen LogP contribution is 2.32. The highest BCUT2D eigenvalue weighted by molar-refractivity contribution is 5.86. The van der Waals surface area contributed by atoms with E-state index in [4.69, 9.17) is 0 Å². The third-order valence-electron chi connectivity index (χ3n) is 5.04. The summed E-state index contributed by atoms with van der Waals surface area (Å²) < 4.78 is 0. The second-order valence-electron chi connectivity index (χ2n) is 7.65. The Morgan fingerprint density at radius 3 is 2.14 bits per heavy atom. The average molecular weight is 298 g/mol. The van der Waals surface area contributed by atoms with E-state index < -0.39 is 11.5 Å². The number of carbonyl (C=O) groups excluding carboxylic acids is 1. The third-order valence-corrected chi connectivity index (χ3v) is 5.04. The van der Waals surface area contributed by atoms with Gasteiger partial charge in [-0.25, -0.2) is 9.59 Å². The van der Waals surface area contributed by atoms with Gasteiger partial charge in [-0.1, -0.05) is 27.7 Å². The molecule has 0 aliphatic heterocycles. The van der Waals surface area contributed by atoms with E-state index >= 15 is 0 Å². The van der Waals surface area contributed by atoms with Crippen LogP contribution in [0.4, 0.5) is 4.79 Å². The van der Waals surface area contributed by atoms with E-state index in [-0.39, 0.29) is 17.5 Å². The number of nitrogens with one attached hydrogen (secondary N) is 1. The zero-order chi connectivity index (χ0) is 16.4. The maximum Gasteiger partial charge on any atom is 0.329 e. The lowest BCUT2D eigenvalue weighted by Crippen LogP contribution is -2.60. The molecule has 1 aliphatic rings. The zero-order valence-electron chi connectivity index (χ0n) is 14.2. The first-order chi connectivity index (χ1) is 9.49. The SMILES string of the molecule is CC1CCC(NC(=O)N(C)C(C)C(C)(C)C)(C(=O)O)CC1. The Bertz CT molecular complexity index is 393. The lowest BCUT2D eigenvalue weighted by Gasteiger charge is -2.40. The molecule has 0 radical (unpaired) electrons. The molecule has 0 heterocycles. The topological polar surface area (TPSA) is 69.6 Å². The van der Waals surface area contributed by atoms with Crippen LogP contribution < -0.4 is 5.32 Å². The van der Waals surface area contributed by atoms with Crippen molar-refractivity contribution in [3.8, 4) is 0 Å². The quantitative estimate of drug-likeness (QED) is 0.841. The smallest absolute Gasteiger partial charge is 0.329 e. The van der Waals surface area contributed by atoms with Gasteiger partial charge in [-0.15, -0.1) is 0 Å². The number of hydrogen-bond acceptors (Lipinski definition) is 2. The van der Waals surface area contributed by atoms with E-state index in [9.17, 15) is 14.7 Å². The Balaban J connectivity index is 2.81. The summed E-state index contributed by atoms with van der Waals surface area (Å²) in [6.45, 7) is 10.3. The fourth-order valence-electron chi connectivity index (χ4n) is 2.70. The molecule has 0 aromatic carbocycles. The number of rotatable bonds is 3. The molecule has 2 amide bonds. The van der Waals surface area contributed by atoms with Gasteiger partial charge < -0.3 is 15.3 Å². The summed E-state index contributed by atoms with van der Waals surface area (Å²) in [7, 11) is 1.73. The molecule has 0 aromatic rings. The molecular weight excluding hydrogens is 268 g/mol. The predicted octanol–water partition coefficient (Wildman–Crippen LogP) is 3.10. The number of aliphatic carboxylic acids is 1. The van der Waals surface area contributed by atoms with Gasteiger partial charge in [0.05, 0.1) is 0 Å². The van der Waals surface area contributed by atoms with E-state index in [2.05, 4.69) is 33.0 Å². The standard InChI is InChI=1S/C16H30N2O3/c1-11-7-9-16(10-8-11,13(19)20)17-14(21)18(6)12(2)15(3,4)5/h11-12H,7-10H2,1-6H3,(H,17,21)(H,19,20). The van der Waals surface area contributed by atoms with Gasteiger partial charge in [-0.05, 0) is 43.9 Å². The Morgan fingerprint density at radius 1 is 1.29 bits per heavy atom. The van der Waals surface area contributed by atoms with Gasteiger partial charge in [0.15, 0.2) is 0 Å². The van der Waals surface area contributed by atoms with E-state index in [1.54, 1.807) is 11.9 Å². The zero-order valence-corrected chi connectivity index (χ0v) is 14.2. The number of urea groups is 1. The maximum absolute atomic E-state index is 12.4. The van der Waals surface area contributed by atoms with Crippen molar-refractivity contribution in [1.29, 1.82) is 0 Å². The number of amides is 2. The van der Waals surface area contributed by atoms with Crippen LogP contribution in [0.25, 0.3) is 0 Å². The van der Waals surface area contributed by atoms with Crippen LogP contribution in [-0.2, 0) is 4.79 Å². The summed E-state index contributed by atoms with van der Waals surface area (Å²) in [6.07, 6.45) is 2.69. The average Bonchev–Trinajstić information content (AvgIpc) is 2.38. The highest BCUT2D eigenvalue weighted by atomic mass is 16.4. The largest absolute Gasteiger partial charge is 0.480 e. The highest BCUT2D eigenvalue weighted by Gasteiger charge is 2.43. The monoisotopic (exact) mass is 298 g/mol. The molecule has 5 heteroatoms. The van der Waals surface area contributed by atoms with Gasteiger partial charge in [0, 0.05) is 13.1 Å². The van der Waals surface area contributed by atoms with Crippen molar-refractivity contribution in [2.45, 2.75) is 71.9 Å². The van der Waals surface area contributed by atoms with Gasteiger partial charge in [0.2, 0.25) is 0 Å². The number of carbonyl (C=O) groups is 2. The van der Waals surface area contributed by atoms with Crippen molar-refractivity contribution < 1.29 is 14.7 Å². The Morgan fingerprint density at radius 2 is 1.76 bits per heavy atom. The van der Waals surface area contributed by atoms with Gasteiger partial charge in [0.25, 0.3) is 0 Å². The van der Waals surface area contributed by atoms with E-state index in [1.807, 2.05) is 6.92 Å². The summed E-state index contributed by atoms with van der Waals surface area (Å²) >= 11 is 0. The van der Waals surface area contributed by atoms with Crippen molar-refractivity contribution >= 4 is 12.0 Å². The number of hydrogen-bond donors (Lipinski definition) is 2. The van der Waals surface area contributed by atoms with Crippen molar-refractivity contribution in [2.75, 3.05) is 7.05 Å². The minimum atomic E-state index is -1.10. The summed E-state index contributed by atoms with van der Waals surface area (Å²) in [5.41, 5.74) is -1.15. The van der Waals surface area contributed by atoms with Gasteiger partial charge in [-0.3, -0.25) is 0 Å². The van der Waals surface area contributed by atoms with Crippen molar-refractivity contribution in [3.05, 3.63) is 0 Å². The lowest BCUT2D eigenvalue weighted by atomic mass is 9.77. The van der Waals surface area contributed by atoms with Crippen LogP contribution in [-0.4, -0.2) is 40.6 Å². The Hall–Kier alpha value is -1.26. The van der Waals surface area contributed by atoms with E-state index in [0.717, 1.165) is 12.8 Å². The summed E-state index contributed by atoms with van der Waals surface area (Å²) in [6, 6.07) is -0.278.